The van der Waals surface area contributed by atoms with Crippen molar-refractivity contribution >= 4 is 28.3 Å². The number of carboxylic acid groups (broad SMARTS) is 1. The minimum atomic E-state index is -1.03. The maximum Gasteiger partial charge on any atom is 0.338 e. The Bertz CT molecular complexity index is 459. The van der Waals surface area contributed by atoms with Gasteiger partial charge in [-0.25, -0.2) is 9.59 Å². The lowest BCUT2D eigenvalue weighted by Gasteiger charge is -2.26. The van der Waals surface area contributed by atoms with Crippen molar-refractivity contribution in [3.05, 3.63) is 17.0 Å². The van der Waals surface area contributed by atoms with Crippen LogP contribution in [0.3, 0.4) is 0 Å². The van der Waals surface area contributed by atoms with Crippen LogP contribution in [0.4, 0.5) is 9.80 Å². The van der Waals surface area contributed by atoms with Crippen LogP contribution in [-0.2, 0) is 0 Å². The van der Waals surface area contributed by atoms with Crippen LogP contribution in [0.2, 0.25) is 0 Å². The number of rotatable bonds is 6. The third-order valence-corrected chi connectivity index (χ3v) is 3.40. The van der Waals surface area contributed by atoms with Gasteiger partial charge in [0.1, 0.15) is 5.00 Å². The summed E-state index contributed by atoms with van der Waals surface area (Å²) >= 11 is 1.22. The van der Waals surface area contributed by atoms with Crippen molar-refractivity contribution in [2.75, 3.05) is 18.4 Å². The van der Waals surface area contributed by atoms with Gasteiger partial charge in [-0.2, -0.15) is 0 Å². The zero-order valence-corrected chi connectivity index (χ0v) is 13.2. The summed E-state index contributed by atoms with van der Waals surface area (Å²) in [4.78, 5) is 25.1. The maximum absolute atomic E-state index is 12.3. The molecule has 0 saturated carbocycles. The third kappa shape index (κ3) is 4.85. The predicted molar refractivity (Wildman–Crippen MR) is 81.5 cm³/mol. The van der Waals surface area contributed by atoms with Crippen LogP contribution in [0.15, 0.2) is 11.4 Å². The summed E-state index contributed by atoms with van der Waals surface area (Å²) < 4.78 is 0. The molecule has 0 bridgehead atoms. The Balaban J connectivity index is 2.79. The fourth-order valence-electron chi connectivity index (χ4n) is 1.87. The number of nitrogens with zero attached hydrogens (tertiary/aromatic N) is 1. The Morgan fingerprint density at radius 3 is 2.25 bits per heavy atom. The van der Waals surface area contributed by atoms with Gasteiger partial charge < -0.3 is 10.0 Å². The highest BCUT2D eigenvalue weighted by atomic mass is 32.1. The van der Waals surface area contributed by atoms with Gasteiger partial charge >= 0.3 is 12.0 Å². The van der Waals surface area contributed by atoms with Crippen LogP contribution in [0.1, 0.15) is 38.1 Å². The van der Waals surface area contributed by atoms with E-state index in [1.807, 2.05) is 0 Å². The summed E-state index contributed by atoms with van der Waals surface area (Å²) in [5, 5.41) is 13.8. The van der Waals surface area contributed by atoms with Gasteiger partial charge in [0.05, 0.1) is 5.56 Å². The second-order valence-electron chi connectivity index (χ2n) is 5.59. The zero-order chi connectivity index (χ0) is 15.3. The van der Waals surface area contributed by atoms with Gasteiger partial charge in [-0.05, 0) is 23.3 Å². The molecule has 0 aromatic carbocycles. The van der Waals surface area contributed by atoms with Gasteiger partial charge in [-0.1, -0.05) is 27.7 Å². The van der Waals surface area contributed by atoms with Crippen molar-refractivity contribution in [1.29, 1.82) is 0 Å². The second-order valence-corrected chi connectivity index (χ2v) is 6.51. The fraction of sp³-hybridized carbons (Fsp3) is 0.571. The molecule has 1 aromatic rings. The van der Waals surface area contributed by atoms with Crippen LogP contribution >= 0.6 is 11.3 Å². The normalized spacial score (nSPS) is 10.9. The molecule has 1 aromatic heterocycles. The average Bonchev–Trinajstić information content (AvgIpc) is 2.74. The monoisotopic (exact) mass is 298 g/mol. The number of carboxylic acids is 1. The number of hydrogen-bond donors (Lipinski definition) is 2. The molecular weight excluding hydrogens is 276 g/mol. The van der Waals surface area contributed by atoms with Crippen LogP contribution < -0.4 is 5.32 Å². The third-order valence-electron chi connectivity index (χ3n) is 2.57. The van der Waals surface area contributed by atoms with Crippen LogP contribution in [-0.4, -0.2) is 35.1 Å². The van der Waals surface area contributed by atoms with Crippen molar-refractivity contribution < 1.29 is 14.7 Å². The van der Waals surface area contributed by atoms with Gasteiger partial charge in [0.15, 0.2) is 0 Å². The zero-order valence-electron chi connectivity index (χ0n) is 12.3. The first-order chi connectivity index (χ1) is 9.31. The van der Waals surface area contributed by atoms with Crippen molar-refractivity contribution in [1.82, 2.24) is 4.90 Å². The fourth-order valence-corrected chi connectivity index (χ4v) is 2.64. The van der Waals surface area contributed by atoms with E-state index in [1.165, 1.54) is 17.4 Å². The summed E-state index contributed by atoms with van der Waals surface area (Å²) in [5.74, 6) is -0.302. The van der Waals surface area contributed by atoms with E-state index in [9.17, 15) is 9.59 Å². The average molecular weight is 298 g/mol. The first-order valence-corrected chi connectivity index (χ1v) is 7.56. The number of nitrogens with one attached hydrogen (secondary N) is 1. The number of carbonyl (C=O) groups is 2. The standard InChI is InChI=1S/C14H22N2O3S/c1-9(2)7-16(8-10(3)4)14(19)15-12-11(13(17)18)5-6-20-12/h5-6,9-10H,7-8H2,1-4H3,(H,15,19)(H,17,18). The molecule has 1 rings (SSSR count). The Hall–Kier alpha value is -1.56. The van der Waals surface area contributed by atoms with Crippen LogP contribution in [0.5, 0.6) is 0 Å². The number of amides is 2. The minimum absolute atomic E-state index is 0.136. The van der Waals surface area contributed by atoms with Crippen molar-refractivity contribution in [2.45, 2.75) is 27.7 Å². The molecule has 0 aliphatic carbocycles. The molecule has 1 heterocycles. The Morgan fingerprint density at radius 2 is 1.80 bits per heavy atom. The summed E-state index contributed by atoms with van der Waals surface area (Å²) in [5.41, 5.74) is 0.136. The number of hydrogen-bond acceptors (Lipinski definition) is 3. The molecule has 0 atom stereocenters. The van der Waals surface area contributed by atoms with E-state index in [1.54, 1.807) is 10.3 Å². The lowest BCUT2D eigenvalue weighted by molar-refractivity contribution is 0.0698. The summed E-state index contributed by atoms with van der Waals surface area (Å²) in [6, 6.07) is 1.26. The Labute approximate surface area is 123 Å². The van der Waals surface area contributed by atoms with E-state index < -0.39 is 5.97 Å². The first kappa shape index (κ1) is 16.5. The minimum Gasteiger partial charge on any atom is -0.478 e. The largest absolute Gasteiger partial charge is 0.478 e. The van der Waals surface area contributed by atoms with Gasteiger partial charge in [-0.15, -0.1) is 11.3 Å². The van der Waals surface area contributed by atoms with E-state index in [0.717, 1.165) is 0 Å². The van der Waals surface area contributed by atoms with Crippen molar-refractivity contribution in [2.24, 2.45) is 11.8 Å². The molecule has 0 aliphatic rings. The lowest BCUT2D eigenvalue weighted by Crippen LogP contribution is -2.40. The first-order valence-electron chi connectivity index (χ1n) is 6.68. The molecule has 0 saturated heterocycles. The van der Waals surface area contributed by atoms with E-state index in [0.29, 0.717) is 29.9 Å². The highest BCUT2D eigenvalue weighted by Gasteiger charge is 2.19. The lowest BCUT2D eigenvalue weighted by atomic mass is 10.1. The Kier molecular flexibility index (Phi) is 6.01. The number of aromatic carboxylic acids is 1. The SMILES string of the molecule is CC(C)CN(CC(C)C)C(=O)Nc1sccc1C(=O)O. The topological polar surface area (TPSA) is 69.6 Å². The van der Waals surface area contributed by atoms with Crippen molar-refractivity contribution in [3.63, 3.8) is 0 Å². The van der Waals surface area contributed by atoms with Crippen LogP contribution in [0.25, 0.3) is 0 Å². The molecule has 0 radical (unpaired) electrons. The number of thiophene rings is 1. The van der Waals surface area contributed by atoms with E-state index >= 15 is 0 Å². The molecule has 5 nitrogen and oxygen atoms in total. The van der Waals surface area contributed by atoms with Gasteiger partial charge in [0, 0.05) is 13.1 Å². The van der Waals surface area contributed by atoms with Crippen LogP contribution in [0, 0.1) is 11.8 Å². The highest BCUT2D eigenvalue weighted by Crippen LogP contribution is 2.23. The molecule has 0 unspecified atom stereocenters. The maximum atomic E-state index is 12.3. The van der Waals surface area contributed by atoms with E-state index in [4.69, 9.17) is 5.11 Å². The number of carbonyl (C=O) groups excluding carboxylic acids is 1. The summed E-state index contributed by atoms with van der Waals surface area (Å²) in [6.45, 7) is 9.50. The summed E-state index contributed by atoms with van der Waals surface area (Å²) in [6.07, 6.45) is 0. The second kappa shape index (κ2) is 7.28. The molecular formula is C14H22N2O3S. The quantitative estimate of drug-likeness (QED) is 0.843. The van der Waals surface area contributed by atoms with Crippen molar-refractivity contribution in [3.8, 4) is 0 Å². The molecule has 0 fully saturated rings. The molecule has 2 N–H and O–H groups in total. The number of urea groups is 1. The Morgan fingerprint density at radius 1 is 1.25 bits per heavy atom. The molecule has 0 aliphatic heterocycles. The van der Waals surface area contributed by atoms with E-state index in [2.05, 4.69) is 33.0 Å². The molecule has 0 spiro atoms. The molecule has 112 valence electrons. The molecule has 2 amide bonds. The predicted octanol–water partition coefficient (Wildman–Crippen LogP) is 3.59. The molecule has 20 heavy (non-hydrogen) atoms. The van der Waals surface area contributed by atoms with E-state index in [-0.39, 0.29) is 11.6 Å². The smallest absolute Gasteiger partial charge is 0.338 e. The molecule has 6 heteroatoms. The summed E-state index contributed by atoms with van der Waals surface area (Å²) in [7, 11) is 0. The van der Waals surface area contributed by atoms with Gasteiger partial charge in [0.2, 0.25) is 0 Å². The van der Waals surface area contributed by atoms with Gasteiger partial charge in [-0.3, -0.25) is 5.32 Å². The highest BCUT2D eigenvalue weighted by molar-refractivity contribution is 7.14. The number of anilines is 1. The van der Waals surface area contributed by atoms with Gasteiger partial charge in [0.25, 0.3) is 0 Å².